The molecule has 8 N–H and O–H groups in total. The molecular formula is C60H81F2N9O16S. The Kier molecular flexibility index (Phi) is 30.5. The van der Waals surface area contributed by atoms with Crippen LogP contribution in [0.5, 0.6) is 0 Å². The maximum absolute atomic E-state index is 15.5. The molecule has 88 heavy (non-hydrogen) atoms. The molecule has 4 rings (SSSR count). The number of imide groups is 1. The maximum Gasteiger partial charge on any atom is 0.307 e. The Bertz CT molecular complexity index is 2910. The van der Waals surface area contributed by atoms with E-state index in [2.05, 4.69) is 26.6 Å². The molecule has 1 aliphatic heterocycles. The van der Waals surface area contributed by atoms with Gasteiger partial charge in [0.25, 0.3) is 11.8 Å². The molecule has 1 aliphatic rings. The molecule has 0 radical (unpaired) electrons. The van der Waals surface area contributed by atoms with Crippen molar-refractivity contribution < 1.29 is 85.6 Å². The summed E-state index contributed by atoms with van der Waals surface area (Å²) in [6, 6.07) is 9.63. The Morgan fingerprint density at radius 1 is 0.739 bits per heavy atom. The van der Waals surface area contributed by atoms with Gasteiger partial charge in [-0.1, -0.05) is 51.1 Å². The van der Waals surface area contributed by atoms with Crippen molar-refractivity contribution >= 4 is 76.7 Å². The summed E-state index contributed by atoms with van der Waals surface area (Å²) in [7, 11) is 0. The SMILES string of the molecule is CC(=O)N[C@@H](C)C(=O)N[C@H](C)C(=O)N[C@@H](CC(N)=O)C(=O)NCCCN(C(=O)CSC[C@H](CC(=O)CCOCCOCCOCCOCCNC(=O)CN1C(=O)C=CC1=O)C(=O)O)[C@@H](c1cc(-c2cc(F)ccc2F)cn1Cc1ccccc1)C(C)(C)C. The highest BCUT2D eigenvalue weighted by atomic mass is 32.2. The van der Waals surface area contributed by atoms with Crippen LogP contribution in [0.25, 0.3) is 11.1 Å². The van der Waals surface area contributed by atoms with E-state index >= 15 is 4.39 Å². The summed E-state index contributed by atoms with van der Waals surface area (Å²) in [5.41, 5.74) is 6.36. The predicted octanol–water partition coefficient (Wildman–Crippen LogP) is 2.18. The highest BCUT2D eigenvalue weighted by Crippen LogP contribution is 2.41. The molecule has 0 fully saturated rings. The molecule has 3 aromatic rings. The fourth-order valence-corrected chi connectivity index (χ4v) is 10.0. The van der Waals surface area contributed by atoms with E-state index in [0.29, 0.717) is 11.3 Å². The first-order chi connectivity index (χ1) is 41.7. The average Bonchev–Trinajstić information content (AvgIpc) is 2.05. The average molecular weight is 1250 g/mol. The minimum absolute atomic E-state index is 0.00411. The molecule has 25 nitrogen and oxygen atoms in total. The van der Waals surface area contributed by atoms with Crippen molar-refractivity contribution in [1.29, 1.82) is 0 Å². The summed E-state index contributed by atoms with van der Waals surface area (Å²) in [6.45, 7) is 11.0. The van der Waals surface area contributed by atoms with Crippen LogP contribution in [0.3, 0.4) is 0 Å². The van der Waals surface area contributed by atoms with E-state index < -0.39 is 113 Å². The highest BCUT2D eigenvalue weighted by Gasteiger charge is 2.38. The van der Waals surface area contributed by atoms with E-state index in [1.54, 1.807) is 17.2 Å². The second kappa shape index (κ2) is 37.0. The Morgan fingerprint density at radius 3 is 1.94 bits per heavy atom. The fourth-order valence-electron chi connectivity index (χ4n) is 9.04. The molecule has 0 unspecified atom stereocenters. The van der Waals surface area contributed by atoms with Gasteiger partial charge in [-0.25, -0.2) is 8.78 Å². The summed E-state index contributed by atoms with van der Waals surface area (Å²) < 4.78 is 53.9. The molecule has 482 valence electrons. The van der Waals surface area contributed by atoms with E-state index in [4.69, 9.17) is 24.7 Å². The third-order valence-electron chi connectivity index (χ3n) is 13.4. The van der Waals surface area contributed by atoms with Gasteiger partial charge in [0.1, 0.15) is 42.1 Å². The van der Waals surface area contributed by atoms with Gasteiger partial charge in [0, 0.05) is 86.9 Å². The number of ketones is 1. The number of aromatic nitrogens is 1. The van der Waals surface area contributed by atoms with Gasteiger partial charge >= 0.3 is 5.97 Å². The number of hydrogen-bond donors (Lipinski definition) is 7. The molecule has 2 heterocycles. The molecule has 5 atom stereocenters. The number of carboxylic acid groups (broad SMARTS) is 1. The van der Waals surface area contributed by atoms with Crippen LogP contribution in [-0.2, 0) is 78.2 Å². The highest BCUT2D eigenvalue weighted by molar-refractivity contribution is 7.99. The number of benzene rings is 2. The molecule has 28 heteroatoms. The molecular weight excluding hydrogens is 1170 g/mol. The van der Waals surface area contributed by atoms with Crippen LogP contribution in [0.15, 0.2) is 72.9 Å². The largest absolute Gasteiger partial charge is 0.481 e. The van der Waals surface area contributed by atoms with Gasteiger partial charge in [0.15, 0.2) is 0 Å². The van der Waals surface area contributed by atoms with Gasteiger partial charge in [-0.05, 0) is 55.5 Å². The third-order valence-corrected chi connectivity index (χ3v) is 14.4. The molecule has 0 aliphatic carbocycles. The zero-order valence-electron chi connectivity index (χ0n) is 50.4. The van der Waals surface area contributed by atoms with Crippen molar-refractivity contribution in [3.8, 4) is 11.1 Å². The molecule has 0 saturated carbocycles. The van der Waals surface area contributed by atoms with E-state index in [-0.39, 0.29) is 128 Å². The summed E-state index contributed by atoms with van der Waals surface area (Å²) in [6.07, 6.45) is 2.92. The third kappa shape index (κ3) is 25.4. The van der Waals surface area contributed by atoms with Crippen LogP contribution in [0.2, 0.25) is 0 Å². The normalized spacial score (nSPS) is 13.9. The van der Waals surface area contributed by atoms with Crippen molar-refractivity contribution in [2.75, 3.05) is 90.5 Å². The number of carbonyl (C=O) groups excluding carboxylic acids is 10. The molecule has 9 amide bonds. The lowest BCUT2D eigenvalue weighted by Crippen LogP contribution is -2.56. The number of nitrogens with zero attached hydrogens (tertiary/aromatic N) is 3. The van der Waals surface area contributed by atoms with Crippen molar-refractivity contribution in [3.63, 3.8) is 0 Å². The Morgan fingerprint density at radius 2 is 1.34 bits per heavy atom. The maximum atomic E-state index is 15.5. The Hall–Kier alpha value is -7.92. The monoisotopic (exact) mass is 1250 g/mol. The van der Waals surface area contributed by atoms with Gasteiger partial charge in [-0.3, -0.25) is 57.6 Å². The fraction of sp³-hybridized carbons (Fsp3) is 0.517. The van der Waals surface area contributed by atoms with Gasteiger partial charge in [0.2, 0.25) is 41.4 Å². The summed E-state index contributed by atoms with van der Waals surface area (Å²) in [5, 5.41) is 22.7. The van der Waals surface area contributed by atoms with Crippen molar-refractivity contribution in [1.82, 2.24) is 41.0 Å². The number of halogens is 2. The smallest absolute Gasteiger partial charge is 0.307 e. The number of primary amides is 1. The number of thioether (sulfide) groups is 1. The van der Waals surface area contributed by atoms with E-state index in [0.717, 1.165) is 52.6 Å². The summed E-state index contributed by atoms with van der Waals surface area (Å²) in [5.74, 6) is -10.3. The number of rotatable bonds is 41. The quantitative estimate of drug-likeness (QED) is 0.0316. The van der Waals surface area contributed by atoms with E-state index in [9.17, 15) is 62.2 Å². The molecule has 1 aromatic heterocycles. The van der Waals surface area contributed by atoms with Gasteiger partial charge in [0.05, 0.1) is 77.0 Å². The zero-order valence-corrected chi connectivity index (χ0v) is 51.2. The van der Waals surface area contributed by atoms with E-state index in [1.807, 2.05) is 55.7 Å². The van der Waals surface area contributed by atoms with Gasteiger partial charge in [-0.2, -0.15) is 11.8 Å². The van der Waals surface area contributed by atoms with Gasteiger partial charge in [-0.15, -0.1) is 0 Å². The number of nitrogens with two attached hydrogens (primary N) is 1. The minimum atomic E-state index is -1.48. The lowest BCUT2D eigenvalue weighted by molar-refractivity contribution is -0.143. The first-order valence-electron chi connectivity index (χ1n) is 28.6. The van der Waals surface area contributed by atoms with Crippen molar-refractivity contribution in [2.45, 2.75) is 97.9 Å². The first-order valence-corrected chi connectivity index (χ1v) is 29.8. The topological polar surface area (TPSA) is 342 Å². The Balaban J connectivity index is 1.36. The van der Waals surface area contributed by atoms with Crippen LogP contribution in [0, 0.1) is 23.0 Å². The first kappa shape index (κ1) is 72.6. The number of hydrogen-bond acceptors (Lipinski definition) is 16. The number of ether oxygens (including phenoxy) is 4. The second-order valence-electron chi connectivity index (χ2n) is 21.7. The zero-order chi connectivity index (χ0) is 64.9. The lowest BCUT2D eigenvalue weighted by Gasteiger charge is -2.41. The number of carbonyl (C=O) groups is 11. The lowest BCUT2D eigenvalue weighted by atomic mass is 9.83. The standard InChI is InChI=1S/C60H81F2N9O16S/c1-38(66-40(3)72)56(79)67-39(2)57(80)68-48(32-50(63)74)58(81)65-18-10-20-70(55(60(4,5)6)49-30-42(46-31-44(61)13-14-47(46)62)34-69(49)33-41-11-8-7-9-12-41)54(78)37-88-36-43(59(82)83)29-45(73)17-21-84-23-25-86-27-28-87-26-24-85-22-19-64-51(75)35-71-52(76)15-16-53(71)77/h7-9,11-16,30-31,34,38-39,43,48,55H,10,17-29,32-33,35-37H2,1-6H3,(H2,63,74)(H,64,75)(H,65,81)(H,66,72)(H,67,79)(H,68,80)(H,82,83)/t38-,39+,43-,48-,55-/m0/s1. The number of nitrogens with one attached hydrogen (secondary N) is 5. The molecule has 0 spiro atoms. The van der Waals surface area contributed by atoms with Crippen LogP contribution in [0.4, 0.5) is 8.78 Å². The number of amides is 9. The van der Waals surface area contributed by atoms with E-state index in [1.165, 1.54) is 20.8 Å². The minimum Gasteiger partial charge on any atom is -0.481 e. The van der Waals surface area contributed by atoms with Crippen molar-refractivity contribution in [2.24, 2.45) is 17.1 Å². The van der Waals surface area contributed by atoms with Crippen molar-refractivity contribution in [3.05, 3.63) is 95.8 Å². The number of Topliss-reactive ketones (excluding diaryl/α,β-unsaturated/α-hetero) is 1. The second-order valence-corrected chi connectivity index (χ2v) is 22.7. The molecule has 0 bridgehead atoms. The summed E-state index contributed by atoms with van der Waals surface area (Å²) >= 11 is 1.01. The molecule has 0 saturated heterocycles. The number of aliphatic carboxylic acids is 1. The number of carboxylic acids is 1. The Labute approximate surface area is 513 Å². The van der Waals surface area contributed by atoms with Crippen LogP contribution in [0.1, 0.15) is 84.5 Å². The van der Waals surface area contributed by atoms with Crippen LogP contribution in [-0.4, -0.2) is 193 Å². The summed E-state index contributed by atoms with van der Waals surface area (Å²) in [4.78, 5) is 141. The predicted molar refractivity (Wildman–Crippen MR) is 318 cm³/mol. The van der Waals surface area contributed by atoms with Gasteiger partial charge < -0.3 is 65.8 Å². The van der Waals surface area contributed by atoms with Crippen LogP contribution < -0.4 is 32.3 Å². The molecule has 2 aromatic carbocycles. The van der Waals surface area contributed by atoms with Crippen LogP contribution >= 0.6 is 11.8 Å².